The van der Waals surface area contributed by atoms with E-state index in [9.17, 15) is 18.3 Å². The maximum atomic E-state index is 13.6. The fourth-order valence-electron chi connectivity index (χ4n) is 5.32. The summed E-state index contributed by atoms with van der Waals surface area (Å²) in [7, 11) is -3.94. The number of hydrogen-bond acceptors (Lipinski definition) is 8. The molecule has 2 aliphatic heterocycles. The zero-order valence-corrected chi connectivity index (χ0v) is 24.1. The fraction of sp³-hybridized carbons (Fsp3) is 0.552. The summed E-state index contributed by atoms with van der Waals surface area (Å²) in [6.07, 6.45) is -1.15. The highest BCUT2D eigenvalue weighted by Crippen LogP contribution is 2.36. The normalized spacial score (nSPS) is 24.4. The van der Waals surface area contributed by atoms with Gasteiger partial charge in [0.15, 0.2) is 6.29 Å². The lowest BCUT2D eigenvalue weighted by molar-refractivity contribution is -0.164. The fourth-order valence-corrected chi connectivity index (χ4v) is 6.94. The van der Waals surface area contributed by atoms with E-state index in [1.165, 1.54) is 28.6 Å². The Morgan fingerprint density at radius 2 is 1.85 bits per heavy atom. The number of alkyl carbamates (subject to hydrolysis) is 1. The Morgan fingerprint density at radius 3 is 2.52 bits per heavy atom. The Bertz CT molecular complexity index is 1210. The summed E-state index contributed by atoms with van der Waals surface area (Å²) in [5.74, 6) is -0.0608. The highest BCUT2D eigenvalue weighted by Gasteiger charge is 2.47. The van der Waals surface area contributed by atoms with Crippen LogP contribution in [0.15, 0.2) is 59.5 Å². The zero-order valence-electron chi connectivity index (χ0n) is 23.3. The van der Waals surface area contributed by atoms with Crippen molar-refractivity contribution in [3.8, 4) is 0 Å². The number of sulfonamides is 1. The first kappa shape index (κ1) is 30.3. The van der Waals surface area contributed by atoms with Gasteiger partial charge in [-0.25, -0.2) is 13.2 Å². The van der Waals surface area contributed by atoms with Gasteiger partial charge in [-0.05, 0) is 61.9 Å². The summed E-state index contributed by atoms with van der Waals surface area (Å²) in [5.41, 5.74) is 7.08. The van der Waals surface area contributed by atoms with Gasteiger partial charge in [0.1, 0.15) is 6.10 Å². The maximum absolute atomic E-state index is 13.6. The van der Waals surface area contributed by atoms with Crippen LogP contribution in [0.1, 0.15) is 39.2 Å². The van der Waals surface area contributed by atoms with Crippen LogP contribution in [-0.4, -0.2) is 74.3 Å². The van der Waals surface area contributed by atoms with Crippen molar-refractivity contribution < 1.29 is 32.5 Å². The first-order valence-electron chi connectivity index (χ1n) is 13.9. The molecule has 0 radical (unpaired) electrons. The highest BCUT2D eigenvalue weighted by atomic mass is 32.2. The van der Waals surface area contributed by atoms with Gasteiger partial charge < -0.3 is 30.4 Å². The number of nitrogens with zero attached hydrogens (tertiary/aromatic N) is 1. The van der Waals surface area contributed by atoms with Crippen molar-refractivity contribution in [2.75, 3.05) is 25.4 Å². The second kappa shape index (κ2) is 13.3. The average Bonchev–Trinajstić information content (AvgIpc) is 3.23. The second-order valence-corrected chi connectivity index (χ2v) is 13.0. The van der Waals surface area contributed by atoms with E-state index in [0.717, 1.165) is 18.4 Å². The largest absolute Gasteiger partial charge is 0.443 e. The molecule has 2 aliphatic rings. The summed E-state index contributed by atoms with van der Waals surface area (Å²) in [6.45, 7) is 6.24. The molecule has 2 saturated heterocycles. The van der Waals surface area contributed by atoms with E-state index in [0.29, 0.717) is 12.3 Å². The van der Waals surface area contributed by atoms with Crippen LogP contribution in [-0.2, 0) is 30.7 Å². The van der Waals surface area contributed by atoms with E-state index < -0.39 is 40.7 Å². The number of carbonyl (C=O) groups is 1. The van der Waals surface area contributed by atoms with Crippen LogP contribution >= 0.6 is 0 Å². The van der Waals surface area contributed by atoms with Crippen LogP contribution in [0.3, 0.4) is 0 Å². The molecule has 0 aromatic heterocycles. The number of hydrogen-bond donors (Lipinski definition) is 3. The molecule has 1 amide bonds. The molecular formula is C29H41N3O7S. The van der Waals surface area contributed by atoms with Crippen LogP contribution in [0, 0.1) is 11.8 Å². The number of amides is 1. The Hall–Kier alpha value is -2.70. The number of benzene rings is 2. The smallest absolute Gasteiger partial charge is 0.407 e. The van der Waals surface area contributed by atoms with E-state index in [4.69, 9.17) is 19.9 Å². The predicted molar refractivity (Wildman–Crippen MR) is 151 cm³/mol. The molecule has 220 valence electrons. The number of carbonyl (C=O) groups excluding carboxylic acids is 1. The molecule has 6 atom stereocenters. The van der Waals surface area contributed by atoms with Crippen molar-refractivity contribution in [1.29, 1.82) is 0 Å². The average molecular weight is 576 g/mol. The lowest BCUT2D eigenvalue weighted by atomic mass is 9.94. The van der Waals surface area contributed by atoms with Gasteiger partial charge in [-0.3, -0.25) is 0 Å². The molecule has 0 saturated carbocycles. The quantitative estimate of drug-likeness (QED) is 0.347. The number of rotatable bonds is 11. The van der Waals surface area contributed by atoms with E-state index in [-0.39, 0.29) is 42.3 Å². The van der Waals surface area contributed by atoms with Crippen molar-refractivity contribution in [2.24, 2.45) is 11.8 Å². The van der Waals surface area contributed by atoms with Gasteiger partial charge in [-0.2, -0.15) is 4.31 Å². The summed E-state index contributed by atoms with van der Waals surface area (Å²) in [6, 6.07) is 14.5. The van der Waals surface area contributed by atoms with Crippen molar-refractivity contribution in [3.05, 3.63) is 60.2 Å². The lowest BCUT2D eigenvalue weighted by Crippen LogP contribution is -2.52. The number of aliphatic hydroxyl groups is 1. The third-order valence-corrected chi connectivity index (χ3v) is 9.18. The van der Waals surface area contributed by atoms with Crippen LogP contribution in [0.25, 0.3) is 0 Å². The molecular weight excluding hydrogens is 534 g/mol. The Morgan fingerprint density at radius 1 is 1.15 bits per heavy atom. The molecule has 0 bridgehead atoms. The maximum Gasteiger partial charge on any atom is 0.407 e. The minimum absolute atomic E-state index is 0.00392. The topological polar surface area (TPSA) is 140 Å². The molecule has 0 unspecified atom stereocenters. The minimum atomic E-state index is -3.94. The van der Waals surface area contributed by atoms with Crippen LogP contribution < -0.4 is 11.1 Å². The number of nitrogens with one attached hydrogen (secondary N) is 1. The summed E-state index contributed by atoms with van der Waals surface area (Å²) < 4.78 is 45.7. The number of anilines is 1. The van der Waals surface area contributed by atoms with Crippen molar-refractivity contribution in [3.63, 3.8) is 0 Å². The molecule has 40 heavy (non-hydrogen) atoms. The molecule has 4 rings (SSSR count). The Kier molecular flexibility index (Phi) is 10.1. The third-order valence-electron chi connectivity index (χ3n) is 7.33. The number of fused-ring (bicyclic) bond motifs is 1. The second-order valence-electron chi connectivity index (χ2n) is 11.0. The van der Waals surface area contributed by atoms with Gasteiger partial charge in [0, 0.05) is 31.3 Å². The van der Waals surface area contributed by atoms with Gasteiger partial charge in [-0.15, -0.1) is 0 Å². The molecule has 11 heteroatoms. The van der Waals surface area contributed by atoms with Gasteiger partial charge in [-0.1, -0.05) is 44.2 Å². The molecule has 2 heterocycles. The van der Waals surface area contributed by atoms with E-state index in [1.54, 1.807) is 0 Å². The Labute approximate surface area is 236 Å². The predicted octanol–water partition coefficient (Wildman–Crippen LogP) is 3.15. The van der Waals surface area contributed by atoms with Crippen LogP contribution in [0.5, 0.6) is 0 Å². The van der Waals surface area contributed by atoms with Crippen molar-refractivity contribution in [1.82, 2.24) is 9.62 Å². The lowest BCUT2D eigenvalue weighted by Gasteiger charge is -2.31. The number of ether oxygens (including phenoxy) is 3. The highest BCUT2D eigenvalue weighted by molar-refractivity contribution is 7.89. The van der Waals surface area contributed by atoms with Crippen molar-refractivity contribution in [2.45, 2.75) is 75.6 Å². The molecule has 0 aliphatic carbocycles. The molecule has 4 N–H and O–H groups in total. The van der Waals surface area contributed by atoms with Gasteiger partial charge in [0.2, 0.25) is 10.0 Å². The first-order valence-corrected chi connectivity index (χ1v) is 15.3. The standard InChI is InChI=1S/C29H41N3O7S/c1-19(2)17-32(40(35,36)23-13-11-22(30)12-14-23)18-26(33)25(16-21-8-5-4-6-9-21)31-29(34)39-27-20(3)38-28-24(27)10-7-15-37-28/h4-6,8-9,11-14,19-20,24-28,33H,7,10,15-18,30H2,1-3H3,(H,31,34)/t20-,24-,25-,26+,27-,28+/m0/s1. The summed E-state index contributed by atoms with van der Waals surface area (Å²) in [5, 5.41) is 14.2. The van der Waals surface area contributed by atoms with E-state index in [2.05, 4.69) is 5.32 Å². The summed E-state index contributed by atoms with van der Waals surface area (Å²) in [4.78, 5) is 13.2. The first-order chi connectivity index (χ1) is 19.0. The van der Waals surface area contributed by atoms with Crippen LogP contribution in [0.2, 0.25) is 0 Å². The number of aliphatic hydroxyl groups excluding tert-OH is 1. The molecule has 2 fully saturated rings. The molecule has 0 spiro atoms. The van der Waals surface area contributed by atoms with Crippen molar-refractivity contribution >= 4 is 21.8 Å². The monoisotopic (exact) mass is 575 g/mol. The number of nitrogens with two attached hydrogens (primary N) is 1. The third kappa shape index (κ3) is 7.52. The molecule has 10 nitrogen and oxygen atoms in total. The van der Waals surface area contributed by atoms with Gasteiger partial charge in [0.05, 0.1) is 23.1 Å². The number of nitrogen functional groups attached to an aromatic ring is 1. The SMILES string of the molecule is CC(C)CN(C[C@@H](O)[C@H](Cc1ccccc1)NC(=O)O[C@@H]1[C@@H]2CCCO[C@@H]2O[C@H]1C)S(=O)(=O)c1ccc(N)cc1. The van der Waals surface area contributed by atoms with Gasteiger partial charge in [0.25, 0.3) is 0 Å². The van der Waals surface area contributed by atoms with Gasteiger partial charge >= 0.3 is 6.09 Å². The molecule has 2 aromatic carbocycles. The molecule has 2 aromatic rings. The minimum Gasteiger partial charge on any atom is -0.443 e. The Balaban J connectivity index is 1.52. The summed E-state index contributed by atoms with van der Waals surface area (Å²) >= 11 is 0. The zero-order chi connectivity index (χ0) is 28.9. The van der Waals surface area contributed by atoms with Crippen LogP contribution in [0.4, 0.5) is 10.5 Å². The van der Waals surface area contributed by atoms with E-state index >= 15 is 0 Å². The van der Waals surface area contributed by atoms with E-state index in [1.807, 2.05) is 51.1 Å².